The van der Waals surface area contributed by atoms with E-state index in [9.17, 15) is 9.59 Å². The van der Waals surface area contributed by atoms with Crippen molar-refractivity contribution >= 4 is 11.9 Å². The molecule has 20 heavy (non-hydrogen) atoms. The molecule has 0 saturated heterocycles. The van der Waals surface area contributed by atoms with Crippen molar-refractivity contribution < 1.29 is 19.4 Å². The molecule has 1 aromatic rings. The zero-order chi connectivity index (χ0) is 14.6. The third kappa shape index (κ3) is 3.17. The Balaban J connectivity index is 1.89. The third-order valence-corrected chi connectivity index (χ3v) is 3.38. The Bertz CT molecular complexity index is 517. The third-order valence-electron chi connectivity index (χ3n) is 3.38. The van der Waals surface area contributed by atoms with Gasteiger partial charge in [0.25, 0.3) is 5.91 Å². The molecule has 0 atom stereocenters. The van der Waals surface area contributed by atoms with Gasteiger partial charge in [-0.15, -0.1) is 0 Å². The summed E-state index contributed by atoms with van der Waals surface area (Å²) in [5, 5.41) is 11.7. The average molecular weight is 275 g/mol. The number of hydrogen-bond donors (Lipinski definition) is 2. The number of nitrogens with one attached hydrogen (secondary N) is 1. The number of carbonyl (C=O) groups is 2. The van der Waals surface area contributed by atoms with Crippen LogP contribution >= 0.6 is 0 Å². The largest absolute Gasteiger partial charge is 0.490 e. The van der Waals surface area contributed by atoms with Crippen molar-refractivity contribution in [2.45, 2.75) is 12.8 Å². The first-order valence-electron chi connectivity index (χ1n) is 6.43. The summed E-state index contributed by atoms with van der Waals surface area (Å²) in [7, 11) is 0. The van der Waals surface area contributed by atoms with Crippen LogP contribution in [0.2, 0.25) is 0 Å². The van der Waals surface area contributed by atoms with Crippen molar-refractivity contribution in [3.8, 4) is 5.75 Å². The molecule has 0 radical (unpaired) electrons. The first kappa shape index (κ1) is 14.1. The topological polar surface area (TPSA) is 75.6 Å². The quantitative estimate of drug-likeness (QED) is 0.745. The van der Waals surface area contributed by atoms with E-state index in [1.807, 2.05) is 0 Å². The van der Waals surface area contributed by atoms with Crippen LogP contribution in [0.4, 0.5) is 0 Å². The van der Waals surface area contributed by atoms with E-state index in [2.05, 4.69) is 11.9 Å². The molecule has 0 unspecified atom stereocenters. The molecule has 1 amide bonds. The van der Waals surface area contributed by atoms with Crippen LogP contribution in [0.3, 0.4) is 0 Å². The smallest absolute Gasteiger partial charge is 0.311 e. The van der Waals surface area contributed by atoms with Gasteiger partial charge >= 0.3 is 5.97 Å². The zero-order valence-corrected chi connectivity index (χ0v) is 11.1. The van der Waals surface area contributed by atoms with E-state index in [0.717, 1.165) is 0 Å². The van der Waals surface area contributed by atoms with Gasteiger partial charge in [0.05, 0.1) is 5.41 Å². The lowest BCUT2D eigenvalue weighted by Crippen LogP contribution is -2.34. The first-order valence-corrected chi connectivity index (χ1v) is 6.43. The van der Waals surface area contributed by atoms with E-state index in [1.54, 1.807) is 30.3 Å². The fourth-order valence-electron chi connectivity index (χ4n) is 1.83. The molecule has 5 heteroatoms. The normalized spacial score (nSPS) is 15.2. The van der Waals surface area contributed by atoms with Crippen molar-refractivity contribution in [3.05, 3.63) is 42.5 Å². The molecule has 0 aromatic heterocycles. The molecule has 0 spiro atoms. The van der Waals surface area contributed by atoms with Gasteiger partial charge in [-0.1, -0.05) is 12.7 Å². The number of aliphatic carboxylic acids is 1. The SMILES string of the molecule is C=CCOc1ccc(C(=O)NCC2(C(=O)O)CC2)cc1. The van der Waals surface area contributed by atoms with Crippen LogP contribution in [0.1, 0.15) is 23.2 Å². The minimum atomic E-state index is -0.842. The Labute approximate surface area is 117 Å². The van der Waals surface area contributed by atoms with Gasteiger partial charge in [-0.05, 0) is 37.1 Å². The summed E-state index contributed by atoms with van der Waals surface area (Å²) < 4.78 is 5.32. The van der Waals surface area contributed by atoms with Crippen molar-refractivity contribution in [1.29, 1.82) is 0 Å². The summed E-state index contributed by atoms with van der Waals surface area (Å²) in [6.07, 6.45) is 2.88. The second kappa shape index (κ2) is 5.77. The Morgan fingerprint density at radius 1 is 1.35 bits per heavy atom. The molecule has 1 aliphatic rings. The number of amides is 1. The van der Waals surface area contributed by atoms with Gasteiger partial charge in [0.2, 0.25) is 0 Å². The summed E-state index contributed by atoms with van der Waals surface area (Å²) in [5.74, 6) is -0.454. The summed E-state index contributed by atoms with van der Waals surface area (Å²) in [6.45, 7) is 4.14. The molecule has 0 bridgehead atoms. The van der Waals surface area contributed by atoms with Crippen molar-refractivity contribution in [3.63, 3.8) is 0 Å². The molecule has 1 aromatic carbocycles. The maximum atomic E-state index is 11.9. The highest BCUT2D eigenvalue weighted by Gasteiger charge is 2.50. The van der Waals surface area contributed by atoms with Crippen LogP contribution in [-0.2, 0) is 4.79 Å². The maximum Gasteiger partial charge on any atom is 0.311 e. The van der Waals surface area contributed by atoms with Crippen molar-refractivity contribution in [2.24, 2.45) is 5.41 Å². The van der Waals surface area contributed by atoms with Gasteiger partial charge in [0, 0.05) is 12.1 Å². The van der Waals surface area contributed by atoms with Crippen molar-refractivity contribution in [1.82, 2.24) is 5.32 Å². The van der Waals surface area contributed by atoms with E-state index in [4.69, 9.17) is 9.84 Å². The zero-order valence-electron chi connectivity index (χ0n) is 11.1. The molecular formula is C15H17NO4. The van der Waals surface area contributed by atoms with Gasteiger partial charge in [-0.25, -0.2) is 0 Å². The standard InChI is InChI=1S/C15H17NO4/c1-2-9-20-12-5-3-11(4-6-12)13(17)16-10-15(7-8-15)14(18)19/h2-6H,1,7-10H2,(H,16,17)(H,18,19). The van der Waals surface area contributed by atoms with E-state index in [-0.39, 0.29) is 12.5 Å². The summed E-state index contributed by atoms with van der Waals surface area (Å²) >= 11 is 0. The number of ether oxygens (including phenoxy) is 1. The highest BCUT2D eigenvalue weighted by Crippen LogP contribution is 2.45. The Hall–Kier alpha value is -2.30. The summed E-state index contributed by atoms with van der Waals surface area (Å²) in [5.41, 5.74) is -0.264. The van der Waals surface area contributed by atoms with E-state index in [0.29, 0.717) is 30.8 Å². The molecular weight excluding hydrogens is 258 g/mol. The minimum Gasteiger partial charge on any atom is -0.490 e. The minimum absolute atomic E-state index is 0.176. The molecule has 1 saturated carbocycles. The average Bonchev–Trinajstić information content (AvgIpc) is 3.24. The number of hydrogen-bond acceptors (Lipinski definition) is 3. The van der Waals surface area contributed by atoms with Crippen LogP contribution in [0.15, 0.2) is 36.9 Å². The first-order chi connectivity index (χ1) is 9.57. The van der Waals surface area contributed by atoms with Crippen molar-refractivity contribution in [2.75, 3.05) is 13.2 Å². The number of carboxylic acids is 1. The predicted molar refractivity (Wildman–Crippen MR) is 73.8 cm³/mol. The van der Waals surface area contributed by atoms with Crippen LogP contribution in [-0.4, -0.2) is 30.1 Å². The Kier molecular flexibility index (Phi) is 4.08. The van der Waals surface area contributed by atoms with E-state index >= 15 is 0 Å². The number of benzene rings is 1. The van der Waals surface area contributed by atoms with Crippen LogP contribution in [0.25, 0.3) is 0 Å². The molecule has 1 fully saturated rings. The summed E-state index contributed by atoms with van der Waals surface area (Å²) in [6, 6.07) is 6.69. The van der Waals surface area contributed by atoms with Gasteiger partial charge in [0.1, 0.15) is 12.4 Å². The second-order valence-electron chi connectivity index (χ2n) is 4.89. The Morgan fingerprint density at radius 2 is 2.00 bits per heavy atom. The lowest BCUT2D eigenvalue weighted by molar-refractivity contribution is -0.143. The van der Waals surface area contributed by atoms with E-state index in [1.165, 1.54) is 0 Å². The molecule has 2 N–H and O–H groups in total. The summed E-state index contributed by atoms with van der Waals surface area (Å²) in [4.78, 5) is 22.9. The predicted octanol–water partition coefficient (Wildman–Crippen LogP) is 1.85. The second-order valence-corrected chi connectivity index (χ2v) is 4.89. The number of carboxylic acid groups (broad SMARTS) is 1. The van der Waals surface area contributed by atoms with Gasteiger partial charge < -0.3 is 15.2 Å². The van der Waals surface area contributed by atoms with Crippen LogP contribution < -0.4 is 10.1 Å². The molecule has 0 heterocycles. The molecule has 0 aliphatic heterocycles. The lowest BCUT2D eigenvalue weighted by atomic mass is 10.1. The van der Waals surface area contributed by atoms with Gasteiger partial charge in [-0.2, -0.15) is 0 Å². The maximum absolute atomic E-state index is 11.9. The van der Waals surface area contributed by atoms with Crippen LogP contribution in [0.5, 0.6) is 5.75 Å². The highest BCUT2D eigenvalue weighted by atomic mass is 16.5. The monoisotopic (exact) mass is 275 g/mol. The molecule has 2 rings (SSSR count). The molecule has 5 nitrogen and oxygen atoms in total. The fourth-order valence-corrected chi connectivity index (χ4v) is 1.83. The fraction of sp³-hybridized carbons (Fsp3) is 0.333. The lowest BCUT2D eigenvalue weighted by Gasteiger charge is -2.11. The molecule has 106 valence electrons. The van der Waals surface area contributed by atoms with Gasteiger partial charge in [-0.3, -0.25) is 9.59 Å². The number of carbonyl (C=O) groups excluding carboxylic acids is 1. The van der Waals surface area contributed by atoms with Gasteiger partial charge in [0.15, 0.2) is 0 Å². The van der Waals surface area contributed by atoms with Crippen LogP contribution in [0, 0.1) is 5.41 Å². The Morgan fingerprint density at radius 3 is 2.50 bits per heavy atom. The van der Waals surface area contributed by atoms with E-state index < -0.39 is 11.4 Å². The highest BCUT2D eigenvalue weighted by molar-refractivity contribution is 5.94. The number of rotatable bonds is 7. The molecule has 1 aliphatic carbocycles.